The van der Waals surface area contributed by atoms with Gasteiger partial charge < -0.3 is 9.32 Å². The molecule has 0 radical (unpaired) electrons. The van der Waals surface area contributed by atoms with Crippen LogP contribution >= 0.6 is 11.3 Å². The minimum atomic E-state index is 0.935. The molecule has 184 valence electrons. The van der Waals surface area contributed by atoms with Gasteiger partial charge in [-0.3, -0.25) is 0 Å². The van der Waals surface area contributed by atoms with Crippen molar-refractivity contribution in [3.8, 4) is 11.1 Å². The quantitative estimate of drug-likeness (QED) is 0.231. The number of rotatable bonds is 4. The number of hydrogen-bond donors (Lipinski definition) is 0. The van der Waals surface area contributed by atoms with Crippen LogP contribution in [0.2, 0.25) is 0 Å². The van der Waals surface area contributed by atoms with Crippen LogP contribution in [-0.4, -0.2) is 0 Å². The van der Waals surface area contributed by atoms with Crippen LogP contribution in [0, 0.1) is 0 Å². The average molecular weight is 518 g/mol. The molecule has 0 aliphatic carbocycles. The highest BCUT2D eigenvalue weighted by molar-refractivity contribution is 7.26. The first kappa shape index (κ1) is 22.2. The van der Waals surface area contributed by atoms with Gasteiger partial charge in [-0.2, -0.15) is 0 Å². The molecule has 0 bridgehead atoms. The van der Waals surface area contributed by atoms with Gasteiger partial charge in [-0.1, -0.05) is 84.9 Å². The SMILES string of the molecule is c1ccc(-c2ccc(N(c3ccccc3)c3ccc4c(c3)sc3ccc5c6ccccc6oc5c34)cc2)cc1. The Balaban J connectivity index is 1.29. The van der Waals surface area contributed by atoms with E-state index in [2.05, 4.69) is 138 Å². The van der Waals surface area contributed by atoms with Crippen molar-refractivity contribution in [3.63, 3.8) is 0 Å². The molecule has 6 aromatic carbocycles. The average Bonchev–Trinajstić information content (AvgIpc) is 3.56. The molecule has 0 saturated carbocycles. The van der Waals surface area contributed by atoms with Gasteiger partial charge in [0.2, 0.25) is 0 Å². The Hall–Kier alpha value is -4.86. The molecule has 0 fully saturated rings. The van der Waals surface area contributed by atoms with E-state index in [0.717, 1.165) is 28.2 Å². The van der Waals surface area contributed by atoms with E-state index < -0.39 is 0 Å². The van der Waals surface area contributed by atoms with Gasteiger partial charge in [0, 0.05) is 48.0 Å². The maximum Gasteiger partial charge on any atom is 0.144 e. The predicted molar refractivity (Wildman–Crippen MR) is 167 cm³/mol. The zero-order chi connectivity index (χ0) is 25.8. The van der Waals surface area contributed by atoms with E-state index in [1.165, 1.54) is 42.1 Å². The van der Waals surface area contributed by atoms with Crippen LogP contribution in [-0.2, 0) is 0 Å². The number of anilines is 3. The molecule has 2 heterocycles. The fourth-order valence-corrected chi connectivity index (χ4v) is 6.77. The van der Waals surface area contributed by atoms with Crippen molar-refractivity contribution in [2.45, 2.75) is 0 Å². The van der Waals surface area contributed by atoms with E-state index in [1.54, 1.807) is 0 Å². The number of benzene rings is 6. The Bertz CT molecular complexity index is 2110. The van der Waals surface area contributed by atoms with Gasteiger partial charge >= 0.3 is 0 Å². The van der Waals surface area contributed by atoms with Crippen LogP contribution in [0.5, 0.6) is 0 Å². The third-order valence-electron chi connectivity index (χ3n) is 7.47. The Morgan fingerprint density at radius 3 is 1.92 bits per heavy atom. The molecular formula is C36H23NOS. The van der Waals surface area contributed by atoms with Crippen molar-refractivity contribution in [1.29, 1.82) is 0 Å². The smallest absolute Gasteiger partial charge is 0.144 e. The molecule has 0 spiro atoms. The highest BCUT2D eigenvalue weighted by atomic mass is 32.1. The van der Waals surface area contributed by atoms with Crippen molar-refractivity contribution >= 4 is 70.5 Å². The maximum atomic E-state index is 6.39. The fourth-order valence-electron chi connectivity index (χ4n) is 5.63. The summed E-state index contributed by atoms with van der Waals surface area (Å²) in [4.78, 5) is 2.33. The minimum absolute atomic E-state index is 0.935. The topological polar surface area (TPSA) is 16.4 Å². The van der Waals surface area contributed by atoms with Crippen molar-refractivity contribution in [2.75, 3.05) is 4.90 Å². The lowest BCUT2D eigenvalue weighted by molar-refractivity contribution is 0.673. The van der Waals surface area contributed by atoms with Gasteiger partial charge in [0.25, 0.3) is 0 Å². The van der Waals surface area contributed by atoms with Gasteiger partial charge in [-0.25, -0.2) is 0 Å². The first-order chi connectivity index (χ1) is 19.3. The van der Waals surface area contributed by atoms with E-state index >= 15 is 0 Å². The molecule has 0 atom stereocenters. The first-order valence-corrected chi connectivity index (χ1v) is 13.9. The third-order valence-corrected chi connectivity index (χ3v) is 8.59. The van der Waals surface area contributed by atoms with Crippen LogP contribution in [0.25, 0.3) is 53.2 Å². The summed E-state index contributed by atoms with van der Waals surface area (Å²) in [6.45, 7) is 0. The van der Waals surface area contributed by atoms with Crippen molar-refractivity contribution in [2.24, 2.45) is 0 Å². The molecular weight excluding hydrogens is 494 g/mol. The summed E-state index contributed by atoms with van der Waals surface area (Å²) in [7, 11) is 0. The second-order valence-electron chi connectivity index (χ2n) is 9.78. The standard InChI is InChI=1S/C36H23NOS/c1-3-9-24(10-4-1)25-15-17-27(18-16-25)37(26-11-5-2-6-12-26)28-19-20-31-34(23-28)39-33-22-21-30-29-13-7-8-14-32(29)38-36(30)35(31)33/h1-23H. The highest BCUT2D eigenvalue weighted by Gasteiger charge is 2.17. The summed E-state index contributed by atoms with van der Waals surface area (Å²) in [6.07, 6.45) is 0. The lowest BCUT2D eigenvalue weighted by atomic mass is 10.0. The molecule has 8 aromatic rings. The molecule has 8 rings (SSSR count). The second kappa shape index (κ2) is 8.87. The first-order valence-electron chi connectivity index (χ1n) is 13.1. The third kappa shape index (κ3) is 3.63. The van der Waals surface area contributed by atoms with Gasteiger partial charge in [0.05, 0.1) is 0 Å². The fraction of sp³-hybridized carbons (Fsp3) is 0. The molecule has 2 nitrogen and oxygen atoms in total. The van der Waals surface area contributed by atoms with E-state index in [9.17, 15) is 0 Å². The van der Waals surface area contributed by atoms with Crippen molar-refractivity contribution in [1.82, 2.24) is 0 Å². The van der Waals surface area contributed by atoms with Crippen LogP contribution in [0.1, 0.15) is 0 Å². The van der Waals surface area contributed by atoms with Crippen LogP contribution in [0.4, 0.5) is 17.1 Å². The van der Waals surface area contributed by atoms with E-state index in [4.69, 9.17) is 4.42 Å². The number of thiophene rings is 1. The van der Waals surface area contributed by atoms with Crippen molar-refractivity contribution < 1.29 is 4.42 Å². The molecule has 0 aliphatic rings. The normalized spacial score (nSPS) is 11.6. The molecule has 2 aromatic heterocycles. The monoisotopic (exact) mass is 517 g/mol. The summed E-state index contributed by atoms with van der Waals surface area (Å²) in [5.41, 5.74) is 7.73. The molecule has 0 N–H and O–H groups in total. The second-order valence-corrected chi connectivity index (χ2v) is 10.9. The van der Waals surface area contributed by atoms with E-state index in [-0.39, 0.29) is 0 Å². The van der Waals surface area contributed by atoms with Gasteiger partial charge in [-0.15, -0.1) is 11.3 Å². The lowest BCUT2D eigenvalue weighted by Gasteiger charge is -2.25. The molecule has 0 unspecified atom stereocenters. The Labute approximate surface area is 230 Å². The molecule has 0 saturated heterocycles. The molecule has 0 aliphatic heterocycles. The molecule has 3 heteroatoms. The minimum Gasteiger partial charge on any atom is -0.455 e. The summed E-state index contributed by atoms with van der Waals surface area (Å²) in [5, 5.41) is 4.77. The number of fused-ring (bicyclic) bond motifs is 7. The zero-order valence-electron chi connectivity index (χ0n) is 21.0. The van der Waals surface area contributed by atoms with E-state index in [1.807, 2.05) is 17.4 Å². The van der Waals surface area contributed by atoms with Gasteiger partial charge in [0.1, 0.15) is 11.2 Å². The summed E-state index contributed by atoms with van der Waals surface area (Å²) in [5.74, 6) is 0. The zero-order valence-corrected chi connectivity index (χ0v) is 21.9. The Kier molecular flexibility index (Phi) is 5.04. The molecule has 39 heavy (non-hydrogen) atoms. The van der Waals surface area contributed by atoms with Gasteiger partial charge in [0.15, 0.2) is 0 Å². The van der Waals surface area contributed by atoms with E-state index in [0.29, 0.717) is 0 Å². The summed E-state index contributed by atoms with van der Waals surface area (Å²) in [6, 6.07) is 49.5. The number of furan rings is 1. The Morgan fingerprint density at radius 1 is 0.462 bits per heavy atom. The molecule has 0 amide bonds. The van der Waals surface area contributed by atoms with Crippen LogP contribution in [0.3, 0.4) is 0 Å². The van der Waals surface area contributed by atoms with Crippen molar-refractivity contribution in [3.05, 3.63) is 140 Å². The Morgan fingerprint density at radius 2 is 1.10 bits per heavy atom. The lowest BCUT2D eigenvalue weighted by Crippen LogP contribution is -2.09. The summed E-state index contributed by atoms with van der Waals surface area (Å²) >= 11 is 1.82. The highest BCUT2D eigenvalue weighted by Crippen LogP contribution is 2.44. The number of nitrogens with zero attached hydrogens (tertiary/aromatic N) is 1. The van der Waals surface area contributed by atoms with Gasteiger partial charge in [-0.05, 0) is 65.7 Å². The maximum absolute atomic E-state index is 6.39. The largest absolute Gasteiger partial charge is 0.455 e. The summed E-state index contributed by atoms with van der Waals surface area (Å²) < 4.78 is 8.88. The number of para-hydroxylation sites is 2. The predicted octanol–water partition coefficient (Wildman–Crippen LogP) is 11.1. The number of hydrogen-bond acceptors (Lipinski definition) is 3. The van der Waals surface area contributed by atoms with Crippen LogP contribution < -0.4 is 4.90 Å². The van der Waals surface area contributed by atoms with Crippen LogP contribution in [0.15, 0.2) is 144 Å².